The summed E-state index contributed by atoms with van der Waals surface area (Å²) in [6.07, 6.45) is 0. The van der Waals surface area contributed by atoms with Crippen LogP contribution >= 0.6 is 11.8 Å². The van der Waals surface area contributed by atoms with Crippen molar-refractivity contribution in [2.75, 3.05) is 12.9 Å². The van der Waals surface area contributed by atoms with E-state index in [1.807, 2.05) is 12.1 Å². The standard InChI is InChI=1S/C15H14O3S/c1-18-15-5-3-2-4-13(15)14(17)10-19-12-8-6-11(16)7-9-12/h2-9,16H,10H2,1H3. The van der Waals surface area contributed by atoms with Crippen LogP contribution in [0.15, 0.2) is 53.4 Å². The van der Waals surface area contributed by atoms with Crippen LogP contribution in [0.5, 0.6) is 11.5 Å². The third kappa shape index (κ3) is 3.51. The molecule has 0 saturated carbocycles. The number of phenolic OH excluding ortho intramolecular Hbond substituents is 1. The van der Waals surface area contributed by atoms with Gasteiger partial charge in [0.15, 0.2) is 5.78 Å². The van der Waals surface area contributed by atoms with Gasteiger partial charge in [0.05, 0.1) is 18.4 Å². The zero-order valence-electron chi connectivity index (χ0n) is 10.5. The van der Waals surface area contributed by atoms with Crippen molar-refractivity contribution in [2.24, 2.45) is 0 Å². The number of carbonyl (C=O) groups is 1. The van der Waals surface area contributed by atoms with Gasteiger partial charge in [-0.3, -0.25) is 4.79 Å². The smallest absolute Gasteiger partial charge is 0.176 e. The number of hydrogen-bond donors (Lipinski definition) is 1. The lowest BCUT2D eigenvalue weighted by Gasteiger charge is -2.07. The zero-order chi connectivity index (χ0) is 13.7. The quantitative estimate of drug-likeness (QED) is 0.670. The van der Waals surface area contributed by atoms with Crippen molar-refractivity contribution in [1.29, 1.82) is 0 Å². The molecule has 0 amide bonds. The van der Waals surface area contributed by atoms with E-state index in [-0.39, 0.29) is 11.5 Å². The van der Waals surface area contributed by atoms with Crippen LogP contribution in [0.1, 0.15) is 10.4 Å². The molecular formula is C15H14O3S. The Hall–Kier alpha value is -1.94. The van der Waals surface area contributed by atoms with E-state index >= 15 is 0 Å². The van der Waals surface area contributed by atoms with Crippen molar-refractivity contribution in [3.05, 3.63) is 54.1 Å². The van der Waals surface area contributed by atoms with Crippen molar-refractivity contribution < 1.29 is 14.6 Å². The van der Waals surface area contributed by atoms with Crippen molar-refractivity contribution in [3.8, 4) is 11.5 Å². The molecule has 19 heavy (non-hydrogen) atoms. The lowest BCUT2D eigenvalue weighted by Crippen LogP contribution is -2.04. The highest BCUT2D eigenvalue weighted by atomic mass is 32.2. The van der Waals surface area contributed by atoms with E-state index in [9.17, 15) is 9.90 Å². The summed E-state index contributed by atoms with van der Waals surface area (Å²) >= 11 is 1.44. The Kier molecular flexibility index (Phi) is 4.47. The molecule has 0 spiro atoms. The largest absolute Gasteiger partial charge is 0.508 e. The first-order valence-electron chi connectivity index (χ1n) is 5.79. The first-order valence-corrected chi connectivity index (χ1v) is 6.77. The van der Waals surface area contributed by atoms with Crippen molar-refractivity contribution in [3.63, 3.8) is 0 Å². The minimum atomic E-state index is 0.0236. The second-order valence-electron chi connectivity index (χ2n) is 3.91. The van der Waals surface area contributed by atoms with Crippen LogP contribution in [0.2, 0.25) is 0 Å². The predicted octanol–water partition coefficient (Wildman–Crippen LogP) is 3.38. The number of thioether (sulfide) groups is 1. The van der Waals surface area contributed by atoms with Gasteiger partial charge in [-0.15, -0.1) is 11.8 Å². The van der Waals surface area contributed by atoms with Gasteiger partial charge in [0, 0.05) is 4.90 Å². The number of para-hydroxylation sites is 1. The summed E-state index contributed by atoms with van der Waals surface area (Å²) in [5, 5.41) is 9.19. The number of ether oxygens (including phenoxy) is 1. The van der Waals surface area contributed by atoms with Crippen LogP contribution < -0.4 is 4.74 Å². The SMILES string of the molecule is COc1ccccc1C(=O)CSc1ccc(O)cc1. The van der Waals surface area contributed by atoms with Gasteiger partial charge in [0.25, 0.3) is 0 Å². The van der Waals surface area contributed by atoms with Crippen LogP contribution in [0.25, 0.3) is 0 Å². The highest BCUT2D eigenvalue weighted by Gasteiger charge is 2.11. The van der Waals surface area contributed by atoms with Crippen molar-refractivity contribution in [2.45, 2.75) is 4.90 Å². The summed E-state index contributed by atoms with van der Waals surface area (Å²) in [6.45, 7) is 0. The first kappa shape index (κ1) is 13.5. The Labute approximate surface area is 116 Å². The highest BCUT2D eigenvalue weighted by molar-refractivity contribution is 8.00. The second kappa shape index (κ2) is 6.29. The molecule has 0 heterocycles. The number of rotatable bonds is 5. The number of carbonyl (C=O) groups excluding carboxylic acids is 1. The van der Waals surface area contributed by atoms with Gasteiger partial charge < -0.3 is 9.84 Å². The van der Waals surface area contributed by atoms with Crippen LogP contribution in [0, 0.1) is 0 Å². The van der Waals surface area contributed by atoms with E-state index in [1.54, 1.807) is 43.5 Å². The summed E-state index contributed by atoms with van der Waals surface area (Å²) < 4.78 is 5.17. The maximum Gasteiger partial charge on any atom is 0.176 e. The molecule has 0 bridgehead atoms. The van der Waals surface area contributed by atoms with Crippen LogP contribution in [-0.4, -0.2) is 23.8 Å². The molecule has 2 rings (SSSR count). The molecule has 0 unspecified atom stereocenters. The Morgan fingerprint density at radius 1 is 1.16 bits per heavy atom. The van der Waals surface area contributed by atoms with Gasteiger partial charge in [-0.25, -0.2) is 0 Å². The third-order valence-corrected chi connectivity index (χ3v) is 3.63. The Balaban J connectivity index is 2.03. The topological polar surface area (TPSA) is 46.5 Å². The average Bonchev–Trinajstić information content (AvgIpc) is 2.46. The number of methoxy groups -OCH3 is 1. The van der Waals surface area contributed by atoms with E-state index in [0.717, 1.165) is 4.90 Å². The highest BCUT2D eigenvalue weighted by Crippen LogP contribution is 2.24. The van der Waals surface area contributed by atoms with Gasteiger partial charge >= 0.3 is 0 Å². The maximum atomic E-state index is 12.1. The monoisotopic (exact) mass is 274 g/mol. The molecule has 0 atom stereocenters. The minimum Gasteiger partial charge on any atom is -0.508 e. The van der Waals surface area contributed by atoms with Gasteiger partial charge in [-0.05, 0) is 36.4 Å². The number of phenols is 1. The minimum absolute atomic E-state index is 0.0236. The van der Waals surface area contributed by atoms with Crippen LogP contribution in [0.3, 0.4) is 0 Å². The molecule has 0 aliphatic carbocycles. The fourth-order valence-corrected chi connectivity index (χ4v) is 2.43. The summed E-state index contributed by atoms with van der Waals surface area (Å²) in [5.41, 5.74) is 0.594. The molecular weight excluding hydrogens is 260 g/mol. The van der Waals surface area contributed by atoms with E-state index in [1.165, 1.54) is 11.8 Å². The number of benzene rings is 2. The molecule has 0 saturated heterocycles. The van der Waals surface area contributed by atoms with Gasteiger partial charge in [0.2, 0.25) is 0 Å². The third-order valence-electron chi connectivity index (χ3n) is 2.61. The number of Topliss-reactive ketones (excluding diaryl/α,β-unsaturated/α-hetero) is 1. The maximum absolute atomic E-state index is 12.1. The lowest BCUT2D eigenvalue weighted by molar-refractivity contribution is 0.101. The molecule has 0 aromatic heterocycles. The molecule has 2 aromatic rings. The summed E-state index contributed by atoms with van der Waals surface area (Å²) in [6, 6.07) is 14.0. The molecule has 0 fully saturated rings. The fourth-order valence-electron chi connectivity index (χ4n) is 1.64. The summed E-state index contributed by atoms with van der Waals surface area (Å²) in [5.74, 6) is 1.18. The molecule has 1 N–H and O–H groups in total. The van der Waals surface area contributed by atoms with Crippen molar-refractivity contribution >= 4 is 17.5 Å². The normalized spacial score (nSPS) is 10.2. The molecule has 0 aliphatic rings. The zero-order valence-corrected chi connectivity index (χ0v) is 11.3. The Bertz CT molecular complexity index is 564. The van der Waals surface area contributed by atoms with E-state index in [4.69, 9.17) is 4.74 Å². The fraction of sp³-hybridized carbons (Fsp3) is 0.133. The molecule has 3 nitrogen and oxygen atoms in total. The van der Waals surface area contributed by atoms with E-state index < -0.39 is 0 Å². The predicted molar refractivity (Wildman–Crippen MR) is 76.2 cm³/mol. The molecule has 4 heteroatoms. The molecule has 0 radical (unpaired) electrons. The average molecular weight is 274 g/mol. The molecule has 2 aromatic carbocycles. The van der Waals surface area contributed by atoms with Gasteiger partial charge in [-0.1, -0.05) is 12.1 Å². The summed E-state index contributed by atoms with van der Waals surface area (Å²) in [4.78, 5) is 13.1. The van der Waals surface area contributed by atoms with Crippen LogP contribution in [-0.2, 0) is 0 Å². The van der Waals surface area contributed by atoms with Crippen LogP contribution in [0.4, 0.5) is 0 Å². The summed E-state index contributed by atoms with van der Waals surface area (Å²) in [7, 11) is 1.55. The second-order valence-corrected chi connectivity index (χ2v) is 4.95. The lowest BCUT2D eigenvalue weighted by atomic mass is 10.1. The Morgan fingerprint density at radius 2 is 1.84 bits per heavy atom. The van der Waals surface area contributed by atoms with E-state index in [0.29, 0.717) is 17.1 Å². The first-order chi connectivity index (χ1) is 9.20. The number of aromatic hydroxyl groups is 1. The van der Waals surface area contributed by atoms with Gasteiger partial charge in [-0.2, -0.15) is 0 Å². The number of hydrogen-bond acceptors (Lipinski definition) is 4. The Morgan fingerprint density at radius 3 is 2.53 bits per heavy atom. The molecule has 0 aliphatic heterocycles. The number of ketones is 1. The van der Waals surface area contributed by atoms with Gasteiger partial charge in [0.1, 0.15) is 11.5 Å². The van der Waals surface area contributed by atoms with Crippen molar-refractivity contribution in [1.82, 2.24) is 0 Å². The van der Waals surface area contributed by atoms with E-state index in [2.05, 4.69) is 0 Å². The molecule has 98 valence electrons.